The molecule has 1 aromatic carbocycles. The summed E-state index contributed by atoms with van der Waals surface area (Å²) in [6.07, 6.45) is 1.75. The van der Waals surface area contributed by atoms with E-state index in [2.05, 4.69) is 10.3 Å². The molecule has 0 radical (unpaired) electrons. The van der Waals surface area contributed by atoms with Gasteiger partial charge < -0.3 is 5.32 Å². The number of Topliss-reactive ketones (excluding diaryl/α,β-unsaturated/α-hetero) is 1. The van der Waals surface area contributed by atoms with Crippen LogP contribution in [0.15, 0.2) is 36.5 Å². The number of fused-ring (bicyclic) bond motifs is 1. The molecule has 2 rings (SSSR count). The smallest absolute Gasteiger partial charge is 0.179 e. The number of hydrogen-bond acceptors (Lipinski definition) is 3. The third-order valence-electron chi connectivity index (χ3n) is 2.71. The molecule has 1 atom stereocenters. The van der Waals surface area contributed by atoms with Crippen LogP contribution in [0.2, 0.25) is 0 Å². The predicted molar refractivity (Wildman–Crippen MR) is 64.6 cm³/mol. The zero-order valence-electron chi connectivity index (χ0n) is 9.40. The van der Waals surface area contributed by atoms with Crippen molar-refractivity contribution >= 4 is 16.7 Å². The molecule has 0 bridgehead atoms. The molecule has 1 aromatic heterocycles. The number of likely N-dealkylation sites (N-methyl/N-ethyl adjacent to an activating group) is 1. The van der Waals surface area contributed by atoms with Gasteiger partial charge in [0.1, 0.15) is 0 Å². The second-order valence-electron chi connectivity index (χ2n) is 3.79. The van der Waals surface area contributed by atoms with Crippen molar-refractivity contribution in [1.29, 1.82) is 0 Å². The van der Waals surface area contributed by atoms with Crippen molar-refractivity contribution in [1.82, 2.24) is 10.3 Å². The van der Waals surface area contributed by atoms with Crippen molar-refractivity contribution in [2.75, 3.05) is 7.05 Å². The van der Waals surface area contributed by atoms with Crippen molar-refractivity contribution in [3.63, 3.8) is 0 Å². The van der Waals surface area contributed by atoms with Gasteiger partial charge in [0.2, 0.25) is 0 Å². The lowest BCUT2D eigenvalue weighted by Crippen LogP contribution is -2.30. The Hall–Kier alpha value is -1.74. The van der Waals surface area contributed by atoms with Crippen molar-refractivity contribution in [3.8, 4) is 0 Å². The van der Waals surface area contributed by atoms with Crippen LogP contribution in [0.3, 0.4) is 0 Å². The van der Waals surface area contributed by atoms with Gasteiger partial charge in [-0.15, -0.1) is 0 Å². The summed E-state index contributed by atoms with van der Waals surface area (Å²) in [5.41, 5.74) is 1.64. The second-order valence-corrected chi connectivity index (χ2v) is 3.79. The summed E-state index contributed by atoms with van der Waals surface area (Å²) >= 11 is 0. The monoisotopic (exact) mass is 214 g/mol. The van der Waals surface area contributed by atoms with Gasteiger partial charge in [0.15, 0.2) is 5.78 Å². The summed E-state index contributed by atoms with van der Waals surface area (Å²) < 4.78 is 0. The highest BCUT2D eigenvalue weighted by molar-refractivity contribution is 6.02. The first-order valence-electron chi connectivity index (χ1n) is 5.28. The van der Waals surface area contributed by atoms with Crippen LogP contribution >= 0.6 is 0 Å². The maximum atomic E-state index is 11.9. The molecule has 3 heteroatoms. The van der Waals surface area contributed by atoms with Crippen molar-refractivity contribution in [2.24, 2.45) is 0 Å². The summed E-state index contributed by atoms with van der Waals surface area (Å²) in [6.45, 7) is 1.86. The highest BCUT2D eigenvalue weighted by atomic mass is 16.1. The number of benzene rings is 1. The van der Waals surface area contributed by atoms with Crippen molar-refractivity contribution in [2.45, 2.75) is 13.0 Å². The Morgan fingerprint density at radius 1 is 1.38 bits per heavy atom. The van der Waals surface area contributed by atoms with E-state index >= 15 is 0 Å². The maximum Gasteiger partial charge on any atom is 0.179 e. The summed E-state index contributed by atoms with van der Waals surface area (Å²) in [5, 5.41) is 3.94. The number of nitrogens with one attached hydrogen (secondary N) is 1. The molecule has 0 aliphatic rings. The van der Waals surface area contributed by atoms with Gasteiger partial charge in [0.05, 0.1) is 11.6 Å². The average molecular weight is 214 g/mol. The number of rotatable bonds is 3. The predicted octanol–water partition coefficient (Wildman–Crippen LogP) is 2.03. The number of carbonyl (C=O) groups is 1. The molecule has 0 amide bonds. The summed E-state index contributed by atoms with van der Waals surface area (Å²) in [6, 6.07) is 9.27. The Labute approximate surface area is 94.5 Å². The maximum absolute atomic E-state index is 11.9. The topological polar surface area (TPSA) is 42.0 Å². The summed E-state index contributed by atoms with van der Waals surface area (Å²) in [5.74, 6) is 0.105. The largest absolute Gasteiger partial charge is 0.310 e. The number of aromatic nitrogens is 1. The van der Waals surface area contributed by atoms with Crippen LogP contribution < -0.4 is 5.32 Å². The average Bonchev–Trinajstić information content (AvgIpc) is 2.36. The lowest BCUT2D eigenvalue weighted by molar-refractivity contribution is 0.0955. The van der Waals surface area contributed by atoms with Crippen LogP contribution in [0.1, 0.15) is 17.3 Å². The molecule has 0 saturated carbocycles. The molecule has 2 aromatic rings. The van der Waals surface area contributed by atoms with E-state index in [0.29, 0.717) is 0 Å². The third-order valence-corrected chi connectivity index (χ3v) is 2.71. The molecule has 1 heterocycles. The van der Waals surface area contributed by atoms with Crippen LogP contribution in [-0.4, -0.2) is 23.9 Å². The van der Waals surface area contributed by atoms with E-state index in [4.69, 9.17) is 0 Å². The molecular weight excluding hydrogens is 200 g/mol. The van der Waals surface area contributed by atoms with Gasteiger partial charge in [-0.1, -0.05) is 6.07 Å². The molecule has 16 heavy (non-hydrogen) atoms. The first kappa shape index (κ1) is 10.8. The highest BCUT2D eigenvalue weighted by Gasteiger charge is 2.13. The Morgan fingerprint density at radius 2 is 2.19 bits per heavy atom. The number of hydrogen-bond donors (Lipinski definition) is 1. The fraction of sp³-hybridized carbons (Fsp3) is 0.231. The summed E-state index contributed by atoms with van der Waals surface area (Å²) in [4.78, 5) is 16.2. The Bertz CT molecular complexity index is 522. The minimum absolute atomic E-state index is 0.105. The van der Waals surface area contributed by atoms with Gasteiger partial charge in [0, 0.05) is 17.1 Å². The molecule has 1 N–H and O–H groups in total. The molecule has 0 fully saturated rings. The fourth-order valence-electron chi connectivity index (χ4n) is 1.61. The van der Waals surface area contributed by atoms with Crippen LogP contribution in [0.5, 0.6) is 0 Å². The first-order valence-corrected chi connectivity index (χ1v) is 5.28. The number of carbonyl (C=O) groups excluding carboxylic acids is 1. The zero-order chi connectivity index (χ0) is 11.5. The quantitative estimate of drug-likeness (QED) is 0.795. The van der Waals surface area contributed by atoms with Crippen molar-refractivity contribution in [3.05, 3.63) is 42.1 Å². The fourth-order valence-corrected chi connectivity index (χ4v) is 1.61. The van der Waals surface area contributed by atoms with Gasteiger partial charge >= 0.3 is 0 Å². The Balaban J connectivity index is 2.43. The molecule has 0 aliphatic carbocycles. The van der Waals surface area contributed by atoms with Crippen LogP contribution in [0, 0.1) is 0 Å². The van der Waals surface area contributed by atoms with Crippen LogP contribution in [0.4, 0.5) is 0 Å². The van der Waals surface area contributed by atoms with E-state index in [1.54, 1.807) is 13.2 Å². The minimum atomic E-state index is -0.158. The Kier molecular flexibility index (Phi) is 2.97. The van der Waals surface area contributed by atoms with E-state index in [9.17, 15) is 4.79 Å². The van der Waals surface area contributed by atoms with Gasteiger partial charge in [0.25, 0.3) is 0 Å². The van der Waals surface area contributed by atoms with E-state index in [1.807, 2.05) is 37.3 Å². The molecule has 0 spiro atoms. The number of nitrogens with zero attached hydrogens (tertiary/aromatic N) is 1. The van der Waals surface area contributed by atoms with Gasteiger partial charge in [-0.3, -0.25) is 9.78 Å². The molecule has 82 valence electrons. The molecule has 3 nitrogen and oxygen atoms in total. The normalized spacial score (nSPS) is 12.6. The molecule has 1 unspecified atom stereocenters. The second kappa shape index (κ2) is 4.41. The third kappa shape index (κ3) is 1.95. The van der Waals surface area contributed by atoms with E-state index < -0.39 is 0 Å². The van der Waals surface area contributed by atoms with Crippen LogP contribution in [-0.2, 0) is 0 Å². The zero-order valence-corrected chi connectivity index (χ0v) is 9.40. The molecule has 0 aliphatic heterocycles. The standard InChI is InChI=1S/C13H14N2O/c1-9(14-2)13(16)11-5-6-12-10(8-11)4-3-7-15-12/h3-9,14H,1-2H3. The lowest BCUT2D eigenvalue weighted by Gasteiger charge is -2.09. The van der Waals surface area contributed by atoms with Gasteiger partial charge in [-0.2, -0.15) is 0 Å². The lowest BCUT2D eigenvalue weighted by atomic mass is 10.0. The first-order chi connectivity index (χ1) is 7.72. The van der Waals surface area contributed by atoms with Gasteiger partial charge in [-0.25, -0.2) is 0 Å². The summed E-state index contributed by atoms with van der Waals surface area (Å²) in [7, 11) is 1.78. The number of pyridine rings is 1. The Morgan fingerprint density at radius 3 is 2.94 bits per heavy atom. The van der Waals surface area contributed by atoms with Crippen LogP contribution in [0.25, 0.3) is 10.9 Å². The van der Waals surface area contributed by atoms with Crippen molar-refractivity contribution < 1.29 is 4.79 Å². The van der Waals surface area contributed by atoms with E-state index in [0.717, 1.165) is 16.5 Å². The molecule has 0 saturated heterocycles. The van der Waals surface area contributed by atoms with E-state index in [1.165, 1.54) is 0 Å². The highest BCUT2D eigenvalue weighted by Crippen LogP contribution is 2.14. The minimum Gasteiger partial charge on any atom is -0.310 e. The van der Waals surface area contributed by atoms with E-state index in [-0.39, 0.29) is 11.8 Å². The van der Waals surface area contributed by atoms with Gasteiger partial charge in [-0.05, 0) is 38.2 Å². The SMILES string of the molecule is CNC(C)C(=O)c1ccc2ncccc2c1. The molecular formula is C13H14N2O. The number of ketones is 1.